The molecule has 6 nitrogen and oxygen atoms in total. The highest BCUT2D eigenvalue weighted by Gasteiger charge is 2.11. The highest BCUT2D eigenvalue weighted by Crippen LogP contribution is 2.21. The minimum atomic E-state index is -0.0847. The number of nitrogens with zero attached hydrogens (tertiary/aromatic N) is 2. The van der Waals surface area contributed by atoms with Crippen molar-refractivity contribution < 1.29 is 13.9 Å². The van der Waals surface area contributed by atoms with Crippen molar-refractivity contribution in [3.8, 4) is 17.2 Å². The fourth-order valence-electron chi connectivity index (χ4n) is 2.35. The van der Waals surface area contributed by atoms with E-state index in [0.717, 1.165) is 22.6 Å². The summed E-state index contributed by atoms with van der Waals surface area (Å²) < 4.78 is 10.7. The fraction of sp³-hybridized carbons (Fsp3) is 0.211. The van der Waals surface area contributed by atoms with E-state index in [9.17, 15) is 4.79 Å². The smallest absolute Gasteiger partial charge is 0.247 e. The number of anilines is 1. The Labute approximate surface area is 145 Å². The van der Waals surface area contributed by atoms with Gasteiger partial charge in [-0.25, -0.2) is 0 Å². The minimum Gasteiger partial charge on any atom is -0.497 e. The number of methoxy groups -OCH3 is 1. The van der Waals surface area contributed by atoms with Gasteiger partial charge >= 0.3 is 0 Å². The molecule has 0 aliphatic carbocycles. The summed E-state index contributed by atoms with van der Waals surface area (Å²) in [6.07, 6.45) is 0.666. The van der Waals surface area contributed by atoms with Gasteiger partial charge in [-0.05, 0) is 42.8 Å². The Morgan fingerprint density at radius 3 is 2.60 bits per heavy atom. The molecule has 2 aromatic carbocycles. The first kappa shape index (κ1) is 16.7. The van der Waals surface area contributed by atoms with Crippen LogP contribution in [-0.4, -0.2) is 23.2 Å². The maximum absolute atomic E-state index is 12.1. The average molecular weight is 337 g/mol. The predicted molar refractivity (Wildman–Crippen MR) is 94.4 cm³/mol. The summed E-state index contributed by atoms with van der Waals surface area (Å²) in [7, 11) is 1.61. The second kappa shape index (κ2) is 7.61. The van der Waals surface area contributed by atoms with Gasteiger partial charge in [0.25, 0.3) is 0 Å². The molecule has 0 saturated heterocycles. The normalized spacial score (nSPS) is 10.5. The Balaban J connectivity index is 1.58. The molecule has 3 aromatic rings. The van der Waals surface area contributed by atoms with Crippen molar-refractivity contribution in [2.24, 2.45) is 0 Å². The van der Waals surface area contributed by atoms with Gasteiger partial charge in [0.2, 0.25) is 17.7 Å². The number of hydrogen-bond donors (Lipinski definition) is 1. The van der Waals surface area contributed by atoms with Crippen LogP contribution in [-0.2, 0) is 11.2 Å². The van der Waals surface area contributed by atoms with Crippen LogP contribution in [0.5, 0.6) is 5.75 Å². The van der Waals surface area contributed by atoms with Crippen molar-refractivity contribution in [1.82, 2.24) is 10.2 Å². The number of para-hydroxylation sites is 1. The lowest BCUT2D eigenvalue weighted by molar-refractivity contribution is -0.116. The summed E-state index contributed by atoms with van der Waals surface area (Å²) in [6.45, 7) is 1.95. The van der Waals surface area contributed by atoms with Crippen molar-refractivity contribution in [2.75, 3.05) is 12.4 Å². The van der Waals surface area contributed by atoms with Crippen molar-refractivity contribution in [1.29, 1.82) is 0 Å². The molecule has 0 bridgehead atoms. The lowest BCUT2D eigenvalue weighted by Crippen LogP contribution is -2.13. The zero-order valence-electron chi connectivity index (χ0n) is 14.2. The molecule has 0 aliphatic heterocycles. The summed E-state index contributed by atoms with van der Waals surface area (Å²) in [5, 5.41) is 10.9. The highest BCUT2D eigenvalue weighted by atomic mass is 16.5. The molecule has 0 atom stereocenters. The molecule has 3 rings (SSSR count). The quantitative estimate of drug-likeness (QED) is 0.743. The topological polar surface area (TPSA) is 77.2 Å². The molecule has 6 heteroatoms. The van der Waals surface area contributed by atoms with Gasteiger partial charge in [0, 0.05) is 24.1 Å². The second-order valence-electron chi connectivity index (χ2n) is 5.59. The number of carbonyl (C=O) groups is 1. The maximum atomic E-state index is 12.1. The Morgan fingerprint density at radius 2 is 1.88 bits per heavy atom. The van der Waals surface area contributed by atoms with Crippen LogP contribution in [0.4, 0.5) is 5.69 Å². The van der Waals surface area contributed by atoms with Crippen LogP contribution in [0.1, 0.15) is 17.9 Å². The van der Waals surface area contributed by atoms with Crippen molar-refractivity contribution in [3.63, 3.8) is 0 Å². The third-order valence-corrected chi connectivity index (χ3v) is 3.79. The van der Waals surface area contributed by atoms with Crippen LogP contribution in [0, 0.1) is 6.92 Å². The Bertz CT molecular complexity index is 856. The molecule has 0 unspecified atom stereocenters. The standard InChI is InChI=1S/C19H19N3O3/c1-13-5-3-4-6-16(13)20-17(23)11-12-18-21-22-19(25-18)14-7-9-15(24-2)10-8-14/h3-10H,11-12H2,1-2H3,(H,20,23). The zero-order chi connectivity index (χ0) is 17.6. The van der Waals surface area contributed by atoms with E-state index in [-0.39, 0.29) is 12.3 Å². The van der Waals surface area contributed by atoms with Gasteiger partial charge in [-0.15, -0.1) is 10.2 Å². The van der Waals surface area contributed by atoms with Crippen LogP contribution < -0.4 is 10.1 Å². The van der Waals surface area contributed by atoms with E-state index in [1.165, 1.54) is 0 Å². The van der Waals surface area contributed by atoms with Gasteiger partial charge in [0.15, 0.2) is 0 Å². The summed E-state index contributed by atoms with van der Waals surface area (Å²) in [5.41, 5.74) is 2.65. The van der Waals surface area contributed by atoms with Gasteiger partial charge in [-0.2, -0.15) is 0 Å². The summed E-state index contributed by atoms with van der Waals surface area (Å²) in [4.78, 5) is 12.1. The van der Waals surface area contributed by atoms with Gasteiger partial charge in [0.1, 0.15) is 5.75 Å². The van der Waals surface area contributed by atoms with E-state index >= 15 is 0 Å². The number of nitrogens with one attached hydrogen (secondary N) is 1. The van der Waals surface area contributed by atoms with Gasteiger partial charge in [-0.1, -0.05) is 18.2 Å². The maximum Gasteiger partial charge on any atom is 0.247 e. The van der Waals surface area contributed by atoms with E-state index < -0.39 is 0 Å². The number of aromatic nitrogens is 2. The second-order valence-corrected chi connectivity index (χ2v) is 5.59. The van der Waals surface area contributed by atoms with Crippen LogP contribution in [0.15, 0.2) is 52.9 Å². The summed E-state index contributed by atoms with van der Waals surface area (Å²) >= 11 is 0. The minimum absolute atomic E-state index is 0.0847. The number of hydrogen-bond acceptors (Lipinski definition) is 5. The Hall–Kier alpha value is -3.15. The lowest BCUT2D eigenvalue weighted by Gasteiger charge is -2.06. The van der Waals surface area contributed by atoms with Gasteiger partial charge in [0.05, 0.1) is 7.11 Å². The molecule has 0 radical (unpaired) electrons. The number of carbonyl (C=O) groups excluding carboxylic acids is 1. The van der Waals surface area contributed by atoms with Crippen molar-refractivity contribution >= 4 is 11.6 Å². The van der Waals surface area contributed by atoms with E-state index in [1.54, 1.807) is 7.11 Å². The molecule has 1 heterocycles. The predicted octanol–water partition coefficient (Wildman–Crippen LogP) is 3.62. The molecule has 128 valence electrons. The van der Waals surface area contributed by atoms with Crippen LogP contribution in [0.3, 0.4) is 0 Å². The molecule has 0 saturated carbocycles. The largest absolute Gasteiger partial charge is 0.497 e. The number of benzene rings is 2. The molecule has 1 N–H and O–H groups in total. The number of aryl methyl sites for hydroxylation is 2. The molecular formula is C19H19N3O3. The molecule has 1 aromatic heterocycles. The number of amides is 1. The van der Waals surface area contributed by atoms with E-state index in [2.05, 4.69) is 15.5 Å². The first-order valence-corrected chi connectivity index (χ1v) is 7.98. The van der Waals surface area contributed by atoms with Crippen LogP contribution in [0.25, 0.3) is 11.5 Å². The lowest BCUT2D eigenvalue weighted by atomic mass is 10.2. The molecular weight excluding hydrogens is 318 g/mol. The van der Waals surface area contributed by atoms with Crippen molar-refractivity contribution in [2.45, 2.75) is 19.8 Å². The zero-order valence-corrected chi connectivity index (χ0v) is 14.2. The van der Waals surface area contributed by atoms with Gasteiger partial charge < -0.3 is 14.5 Å². The third-order valence-electron chi connectivity index (χ3n) is 3.79. The summed E-state index contributed by atoms with van der Waals surface area (Å²) in [5.74, 6) is 1.54. The van der Waals surface area contributed by atoms with E-state index in [1.807, 2.05) is 55.5 Å². The SMILES string of the molecule is COc1ccc(-c2nnc(CCC(=O)Nc3ccccc3C)o2)cc1. The van der Waals surface area contributed by atoms with Crippen LogP contribution in [0.2, 0.25) is 0 Å². The molecule has 0 aliphatic rings. The Kier molecular flexibility index (Phi) is 5.09. The highest BCUT2D eigenvalue weighted by molar-refractivity contribution is 5.91. The van der Waals surface area contributed by atoms with E-state index in [0.29, 0.717) is 18.2 Å². The average Bonchev–Trinajstić information content (AvgIpc) is 3.11. The number of rotatable bonds is 6. The third kappa shape index (κ3) is 4.23. The monoisotopic (exact) mass is 337 g/mol. The molecule has 25 heavy (non-hydrogen) atoms. The molecule has 0 fully saturated rings. The summed E-state index contributed by atoms with van der Waals surface area (Å²) in [6, 6.07) is 15.0. The molecule has 0 spiro atoms. The molecule has 1 amide bonds. The van der Waals surface area contributed by atoms with E-state index in [4.69, 9.17) is 9.15 Å². The fourth-order valence-corrected chi connectivity index (χ4v) is 2.35. The van der Waals surface area contributed by atoms with Gasteiger partial charge in [-0.3, -0.25) is 4.79 Å². The Morgan fingerprint density at radius 1 is 1.12 bits per heavy atom. The number of ether oxygens (including phenoxy) is 1. The van der Waals surface area contributed by atoms with Crippen LogP contribution >= 0.6 is 0 Å². The first-order valence-electron chi connectivity index (χ1n) is 7.98. The first-order chi connectivity index (χ1) is 12.2. The van der Waals surface area contributed by atoms with Crippen molar-refractivity contribution in [3.05, 3.63) is 60.0 Å².